The minimum absolute atomic E-state index is 0.187. The van der Waals surface area contributed by atoms with Crippen LogP contribution in [0.25, 0.3) is 10.9 Å². The molecule has 1 saturated carbocycles. The Bertz CT molecular complexity index is 573. The first-order valence-corrected chi connectivity index (χ1v) is 7.04. The maximum atomic E-state index is 5.84. The average molecular weight is 255 g/mol. The van der Waals surface area contributed by atoms with Crippen LogP contribution in [0.15, 0.2) is 36.5 Å². The van der Waals surface area contributed by atoms with Gasteiger partial charge in [0.25, 0.3) is 0 Å². The molecular formula is C16H21N3. The van der Waals surface area contributed by atoms with Crippen molar-refractivity contribution in [2.75, 3.05) is 0 Å². The fourth-order valence-electron chi connectivity index (χ4n) is 3.42. The number of rotatable bonds is 3. The zero-order chi connectivity index (χ0) is 13.3. The molecule has 0 bridgehead atoms. The van der Waals surface area contributed by atoms with Crippen LogP contribution in [0.4, 0.5) is 0 Å². The highest BCUT2D eigenvalue weighted by atomic mass is 15.2. The van der Waals surface area contributed by atoms with Gasteiger partial charge in [-0.2, -0.15) is 0 Å². The van der Waals surface area contributed by atoms with Crippen LogP contribution < -0.4 is 11.3 Å². The van der Waals surface area contributed by atoms with Gasteiger partial charge < -0.3 is 0 Å². The van der Waals surface area contributed by atoms with E-state index in [1.807, 2.05) is 18.3 Å². The first-order valence-electron chi connectivity index (χ1n) is 7.04. The Morgan fingerprint density at radius 2 is 2.00 bits per heavy atom. The quantitative estimate of drug-likeness (QED) is 0.653. The van der Waals surface area contributed by atoms with Gasteiger partial charge in [0, 0.05) is 11.6 Å². The molecule has 1 fully saturated rings. The third-order valence-corrected chi connectivity index (χ3v) is 4.55. The fraction of sp³-hybridized carbons (Fsp3) is 0.438. The second-order valence-corrected chi connectivity index (χ2v) is 5.92. The Morgan fingerprint density at radius 3 is 2.74 bits per heavy atom. The number of hydrogen-bond acceptors (Lipinski definition) is 3. The summed E-state index contributed by atoms with van der Waals surface area (Å²) in [7, 11) is 0. The van der Waals surface area contributed by atoms with Crippen molar-refractivity contribution >= 4 is 10.9 Å². The maximum Gasteiger partial charge on any atom is 0.0702 e. The lowest BCUT2D eigenvalue weighted by atomic mass is 9.78. The van der Waals surface area contributed by atoms with E-state index in [-0.39, 0.29) is 11.5 Å². The molecule has 1 aliphatic carbocycles. The molecule has 0 amide bonds. The van der Waals surface area contributed by atoms with E-state index in [9.17, 15) is 0 Å². The molecule has 1 aromatic heterocycles. The summed E-state index contributed by atoms with van der Waals surface area (Å²) in [6, 6.07) is 10.6. The molecule has 3 rings (SSSR count). The summed E-state index contributed by atoms with van der Waals surface area (Å²) in [5, 5.41) is 1.18. The van der Waals surface area contributed by atoms with Crippen molar-refractivity contribution < 1.29 is 0 Å². The fourth-order valence-corrected chi connectivity index (χ4v) is 3.42. The van der Waals surface area contributed by atoms with E-state index in [4.69, 9.17) is 5.84 Å². The Balaban J connectivity index is 2.01. The van der Waals surface area contributed by atoms with Crippen molar-refractivity contribution in [3.05, 3.63) is 42.1 Å². The molecule has 0 saturated heterocycles. The summed E-state index contributed by atoms with van der Waals surface area (Å²) in [6.07, 6.45) is 7.03. The highest BCUT2D eigenvalue weighted by Crippen LogP contribution is 2.46. The molecule has 0 aliphatic heterocycles. The van der Waals surface area contributed by atoms with Crippen LogP contribution in [-0.2, 0) is 0 Å². The predicted octanol–water partition coefficient (Wildman–Crippen LogP) is 3.32. The number of nitrogens with two attached hydrogens (primary N) is 1. The molecule has 1 heterocycles. The molecule has 100 valence electrons. The van der Waals surface area contributed by atoms with Crippen molar-refractivity contribution in [2.24, 2.45) is 11.3 Å². The van der Waals surface area contributed by atoms with Crippen molar-refractivity contribution in [3.8, 4) is 0 Å². The van der Waals surface area contributed by atoms with Crippen LogP contribution in [-0.4, -0.2) is 4.98 Å². The number of aromatic nitrogens is 1. The van der Waals surface area contributed by atoms with Gasteiger partial charge in [-0.3, -0.25) is 16.3 Å². The first kappa shape index (κ1) is 12.6. The third kappa shape index (κ3) is 2.24. The number of nitrogens with zero attached hydrogens (tertiary/aromatic N) is 1. The molecule has 3 heteroatoms. The molecule has 1 aliphatic rings. The Labute approximate surface area is 114 Å². The van der Waals surface area contributed by atoms with Gasteiger partial charge in [-0.05, 0) is 36.0 Å². The Kier molecular flexibility index (Phi) is 3.25. The third-order valence-electron chi connectivity index (χ3n) is 4.55. The molecule has 3 nitrogen and oxygen atoms in total. The molecular weight excluding hydrogens is 234 g/mol. The number of benzene rings is 1. The van der Waals surface area contributed by atoms with E-state index >= 15 is 0 Å². The van der Waals surface area contributed by atoms with Gasteiger partial charge in [0.2, 0.25) is 0 Å². The number of hydrogen-bond donors (Lipinski definition) is 2. The van der Waals surface area contributed by atoms with Crippen molar-refractivity contribution in [1.82, 2.24) is 10.4 Å². The van der Waals surface area contributed by atoms with Gasteiger partial charge in [0.05, 0.1) is 11.6 Å². The Hall–Kier alpha value is -1.45. The van der Waals surface area contributed by atoms with Crippen molar-refractivity contribution in [2.45, 2.75) is 38.6 Å². The molecule has 0 spiro atoms. The summed E-state index contributed by atoms with van der Waals surface area (Å²) in [5.74, 6) is 5.84. The number of fused-ring (bicyclic) bond motifs is 1. The van der Waals surface area contributed by atoms with Crippen LogP contribution in [0.2, 0.25) is 0 Å². The highest BCUT2D eigenvalue weighted by molar-refractivity contribution is 5.78. The van der Waals surface area contributed by atoms with Crippen molar-refractivity contribution in [1.29, 1.82) is 0 Å². The standard InChI is InChI=1S/C16H21N3/c1-16(8-4-5-9-16)15(19-17)13-10-12-6-2-3-7-14(12)18-11-13/h2-3,6-7,10-11,15,19H,4-5,8-9,17H2,1H3. The first-order chi connectivity index (χ1) is 9.23. The van der Waals surface area contributed by atoms with Gasteiger partial charge in [0.15, 0.2) is 0 Å². The van der Waals surface area contributed by atoms with Crippen LogP contribution in [0, 0.1) is 5.41 Å². The summed E-state index contributed by atoms with van der Waals surface area (Å²) in [5.41, 5.74) is 5.51. The van der Waals surface area contributed by atoms with Gasteiger partial charge >= 0.3 is 0 Å². The van der Waals surface area contributed by atoms with E-state index in [1.165, 1.54) is 36.6 Å². The SMILES string of the molecule is CC1(C(NN)c2cnc3ccccc3c2)CCCC1. The molecule has 3 N–H and O–H groups in total. The minimum Gasteiger partial charge on any atom is -0.271 e. The number of nitrogens with one attached hydrogen (secondary N) is 1. The van der Waals surface area contributed by atoms with E-state index < -0.39 is 0 Å². The summed E-state index contributed by atoms with van der Waals surface area (Å²) >= 11 is 0. The average Bonchev–Trinajstić information content (AvgIpc) is 2.87. The normalized spacial score (nSPS) is 19.7. The van der Waals surface area contributed by atoms with Crippen LogP contribution in [0.3, 0.4) is 0 Å². The predicted molar refractivity (Wildman–Crippen MR) is 78.4 cm³/mol. The summed E-state index contributed by atoms with van der Waals surface area (Å²) < 4.78 is 0. The Morgan fingerprint density at radius 1 is 1.26 bits per heavy atom. The van der Waals surface area contributed by atoms with E-state index in [2.05, 4.69) is 35.5 Å². The molecule has 2 aromatic rings. The topological polar surface area (TPSA) is 50.9 Å². The lowest BCUT2D eigenvalue weighted by molar-refractivity contribution is 0.225. The number of hydrazine groups is 1. The molecule has 19 heavy (non-hydrogen) atoms. The van der Waals surface area contributed by atoms with Crippen LogP contribution in [0.5, 0.6) is 0 Å². The van der Waals surface area contributed by atoms with Gasteiger partial charge in [-0.25, -0.2) is 0 Å². The second kappa shape index (κ2) is 4.91. The molecule has 0 radical (unpaired) electrons. The minimum atomic E-state index is 0.187. The van der Waals surface area contributed by atoms with E-state index in [0.717, 1.165) is 5.52 Å². The lowest BCUT2D eigenvalue weighted by Gasteiger charge is -2.33. The van der Waals surface area contributed by atoms with Gasteiger partial charge in [0.1, 0.15) is 0 Å². The van der Waals surface area contributed by atoms with E-state index in [1.54, 1.807) is 0 Å². The van der Waals surface area contributed by atoms with Crippen molar-refractivity contribution in [3.63, 3.8) is 0 Å². The monoisotopic (exact) mass is 255 g/mol. The number of para-hydroxylation sites is 1. The molecule has 1 aromatic carbocycles. The second-order valence-electron chi connectivity index (χ2n) is 5.92. The van der Waals surface area contributed by atoms with Gasteiger partial charge in [-0.15, -0.1) is 0 Å². The summed E-state index contributed by atoms with van der Waals surface area (Å²) in [6.45, 7) is 2.33. The largest absolute Gasteiger partial charge is 0.271 e. The zero-order valence-corrected chi connectivity index (χ0v) is 11.4. The lowest BCUT2D eigenvalue weighted by Crippen LogP contribution is -2.38. The number of pyridine rings is 1. The van der Waals surface area contributed by atoms with Crippen LogP contribution >= 0.6 is 0 Å². The molecule has 1 unspecified atom stereocenters. The van der Waals surface area contributed by atoms with Gasteiger partial charge in [-0.1, -0.05) is 38.0 Å². The smallest absolute Gasteiger partial charge is 0.0702 e. The maximum absolute atomic E-state index is 5.84. The van der Waals surface area contributed by atoms with Crippen LogP contribution in [0.1, 0.15) is 44.2 Å². The summed E-state index contributed by atoms with van der Waals surface area (Å²) in [4.78, 5) is 4.56. The zero-order valence-electron chi connectivity index (χ0n) is 11.4. The molecule has 1 atom stereocenters. The highest BCUT2D eigenvalue weighted by Gasteiger charge is 2.37. The van der Waals surface area contributed by atoms with E-state index in [0.29, 0.717) is 0 Å².